The summed E-state index contributed by atoms with van der Waals surface area (Å²) < 4.78 is 5.87. The van der Waals surface area contributed by atoms with Gasteiger partial charge in [-0.25, -0.2) is 0 Å². The average molecular weight is 471 g/mol. The van der Waals surface area contributed by atoms with E-state index < -0.39 is 5.92 Å². The van der Waals surface area contributed by atoms with Crippen LogP contribution in [0.15, 0.2) is 42.0 Å². The fourth-order valence-electron chi connectivity index (χ4n) is 5.12. The van der Waals surface area contributed by atoms with Crippen molar-refractivity contribution in [1.82, 2.24) is 20.5 Å². The quantitative estimate of drug-likeness (QED) is 0.589. The summed E-state index contributed by atoms with van der Waals surface area (Å²) in [7, 11) is 1.65. The highest BCUT2D eigenvalue weighted by Gasteiger charge is 2.42. The van der Waals surface area contributed by atoms with Gasteiger partial charge in [-0.2, -0.15) is 0 Å². The van der Waals surface area contributed by atoms with Gasteiger partial charge in [0, 0.05) is 24.7 Å². The number of aromatic nitrogens is 1. The lowest BCUT2D eigenvalue weighted by molar-refractivity contribution is -0.141. The number of amides is 2. The van der Waals surface area contributed by atoms with Crippen LogP contribution in [0.2, 0.25) is 0 Å². The Morgan fingerprint density at radius 1 is 1.27 bits per heavy atom. The van der Waals surface area contributed by atoms with E-state index in [0.717, 1.165) is 49.2 Å². The van der Waals surface area contributed by atoms with Gasteiger partial charge in [-0.1, -0.05) is 37.3 Å². The molecule has 8 heteroatoms. The van der Waals surface area contributed by atoms with Gasteiger partial charge in [0.1, 0.15) is 0 Å². The van der Waals surface area contributed by atoms with Gasteiger partial charge < -0.3 is 20.3 Å². The van der Waals surface area contributed by atoms with Crippen molar-refractivity contribution in [3.63, 3.8) is 0 Å². The van der Waals surface area contributed by atoms with Crippen molar-refractivity contribution in [2.75, 3.05) is 20.2 Å². The minimum absolute atomic E-state index is 0.0607. The summed E-state index contributed by atoms with van der Waals surface area (Å²) in [6.07, 6.45) is 5.87. The molecule has 1 aromatic heterocycles. The van der Waals surface area contributed by atoms with Crippen molar-refractivity contribution >= 4 is 23.2 Å². The van der Waals surface area contributed by atoms with E-state index in [-0.39, 0.29) is 36.0 Å². The fraction of sp³-hybridized carbons (Fsp3) is 0.560. The molecular weight excluding hydrogens is 436 g/mol. The lowest BCUT2D eigenvalue weighted by Gasteiger charge is -2.35. The number of nitrogens with one attached hydrogen (secondary N) is 2. The molecule has 2 aliphatic rings. The van der Waals surface area contributed by atoms with Crippen molar-refractivity contribution in [2.45, 2.75) is 63.3 Å². The van der Waals surface area contributed by atoms with Crippen LogP contribution in [-0.2, 0) is 20.7 Å². The van der Waals surface area contributed by atoms with Crippen LogP contribution in [0.4, 0.5) is 0 Å². The summed E-state index contributed by atoms with van der Waals surface area (Å²) in [5.74, 6) is -0.304. The highest BCUT2D eigenvalue weighted by Crippen LogP contribution is 2.29. The Kier molecular flexibility index (Phi) is 8.11. The van der Waals surface area contributed by atoms with E-state index in [1.54, 1.807) is 24.0 Å². The van der Waals surface area contributed by atoms with Crippen LogP contribution in [0.1, 0.15) is 49.1 Å². The number of benzene rings is 1. The van der Waals surface area contributed by atoms with Crippen LogP contribution in [0, 0.1) is 5.92 Å². The van der Waals surface area contributed by atoms with E-state index in [9.17, 15) is 9.59 Å². The molecule has 7 nitrogen and oxygen atoms in total. The van der Waals surface area contributed by atoms with Crippen LogP contribution < -0.4 is 10.6 Å². The zero-order valence-electron chi connectivity index (χ0n) is 19.4. The maximum atomic E-state index is 13.4. The fourth-order valence-corrected chi connectivity index (χ4v) is 5.79. The molecular formula is C25H34N4O3S. The van der Waals surface area contributed by atoms with Crippen molar-refractivity contribution < 1.29 is 14.3 Å². The third-order valence-corrected chi connectivity index (χ3v) is 7.78. The summed E-state index contributed by atoms with van der Waals surface area (Å²) in [4.78, 5) is 33.7. The molecule has 2 saturated heterocycles. The maximum Gasteiger partial charge on any atom is 0.240 e. The Bertz CT molecular complexity index is 902. The molecule has 2 amide bonds. The summed E-state index contributed by atoms with van der Waals surface area (Å²) >= 11 is 1.54. The minimum Gasteiger partial charge on any atom is -0.378 e. The van der Waals surface area contributed by atoms with Crippen molar-refractivity contribution in [3.8, 4) is 0 Å². The number of thiazole rings is 1. The molecule has 0 unspecified atom stereocenters. The van der Waals surface area contributed by atoms with Gasteiger partial charge in [-0.15, -0.1) is 11.3 Å². The van der Waals surface area contributed by atoms with E-state index in [1.165, 1.54) is 0 Å². The van der Waals surface area contributed by atoms with E-state index in [1.807, 2.05) is 36.2 Å². The number of carbonyl (C=O) groups excluding carboxylic acids is 2. The first-order chi connectivity index (χ1) is 16.1. The zero-order valence-corrected chi connectivity index (χ0v) is 20.2. The maximum absolute atomic E-state index is 13.4. The average Bonchev–Trinajstić information content (AvgIpc) is 3.62. The van der Waals surface area contributed by atoms with E-state index in [2.05, 4.69) is 27.8 Å². The predicted octanol–water partition coefficient (Wildman–Crippen LogP) is 2.94. The molecule has 0 aliphatic carbocycles. The van der Waals surface area contributed by atoms with Gasteiger partial charge in [0.2, 0.25) is 11.8 Å². The Morgan fingerprint density at radius 3 is 2.76 bits per heavy atom. The number of carbonyl (C=O) groups is 2. The highest BCUT2D eigenvalue weighted by molar-refractivity contribution is 7.09. The van der Waals surface area contributed by atoms with Crippen molar-refractivity contribution in [3.05, 3.63) is 52.5 Å². The highest BCUT2D eigenvalue weighted by atomic mass is 32.1. The van der Waals surface area contributed by atoms with Crippen molar-refractivity contribution in [2.24, 2.45) is 5.92 Å². The summed E-state index contributed by atoms with van der Waals surface area (Å²) in [5.41, 5.74) is 2.95. The molecule has 3 heterocycles. The Balaban J connectivity index is 1.45. The summed E-state index contributed by atoms with van der Waals surface area (Å²) in [6, 6.07) is 9.81. The molecule has 2 N–H and O–H groups in total. The number of likely N-dealkylation sites (tertiary alicyclic amines) is 1. The largest absolute Gasteiger partial charge is 0.378 e. The van der Waals surface area contributed by atoms with Crippen molar-refractivity contribution in [1.29, 1.82) is 0 Å². The second-order valence-electron chi connectivity index (χ2n) is 9.03. The first-order valence-electron chi connectivity index (χ1n) is 11.9. The SMILES string of the molecule is CO[C@H]([C@@H](C)C(=O)N[C@@H](Cc1ccccc1)c1cncs1)[C@@H]1CCCN1C(=O)[C@@H]1CCCN1. The first-order valence-corrected chi connectivity index (χ1v) is 12.8. The lowest BCUT2D eigenvalue weighted by atomic mass is 9.93. The molecule has 2 aliphatic heterocycles. The molecule has 5 atom stereocenters. The molecule has 0 radical (unpaired) electrons. The van der Waals surface area contributed by atoms with E-state index >= 15 is 0 Å². The summed E-state index contributed by atoms with van der Waals surface area (Å²) in [5, 5.41) is 6.55. The topological polar surface area (TPSA) is 83.6 Å². The standard InChI is InChI=1S/C25H34N4O3S/c1-17(23(32-2)21-11-7-13-29(21)25(31)19-10-6-12-27-19)24(30)28-20(22-15-26-16-33-22)14-18-8-4-3-5-9-18/h3-5,8-9,15-17,19-21,23,27H,6-7,10-14H2,1-2H3,(H,28,30)/t17-,19+,20+,21+,23-/m1/s1. The molecule has 2 fully saturated rings. The molecule has 178 valence electrons. The van der Waals surface area contributed by atoms with E-state index in [4.69, 9.17) is 4.74 Å². The third kappa shape index (κ3) is 5.62. The van der Waals surface area contributed by atoms with E-state index in [0.29, 0.717) is 6.42 Å². The first kappa shape index (κ1) is 23.9. The number of ether oxygens (including phenoxy) is 1. The molecule has 0 saturated carbocycles. The van der Waals surface area contributed by atoms with Crippen LogP contribution >= 0.6 is 11.3 Å². The molecule has 33 heavy (non-hydrogen) atoms. The third-order valence-electron chi connectivity index (χ3n) is 6.89. The minimum atomic E-state index is -0.392. The zero-order chi connectivity index (χ0) is 23.2. The van der Waals surface area contributed by atoms with Crippen LogP contribution in [0.25, 0.3) is 0 Å². The monoisotopic (exact) mass is 470 g/mol. The second-order valence-corrected chi connectivity index (χ2v) is 9.95. The number of hydrogen-bond donors (Lipinski definition) is 2. The molecule has 4 rings (SSSR count). The summed E-state index contributed by atoms with van der Waals surface area (Å²) in [6.45, 7) is 3.53. The normalized spacial score (nSPS) is 23.3. The number of rotatable bonds is 9. The number of methoxy groups -OCH3 is 1. The van der Waals surface area contributed by atoms with Gasteiger partial charge in [0.15, 0.2) is 0 Å². The predicted molar refractivity (Wildman–Crippen MR) is 129 cm³/mol. The van der Waals surface area contributed by atoms with Gasteiger partial charge in [-0.3, -0.25) is 14.6 Å². The van der Waals surface area contributed by atoms with Gasteiger partial charge in [-0.05, 0) is 44.2 Å². The van der Waals surface area contributed by atoms with Crippen LogP contribution in [0.5, 0.6) is 0 Å². The van der Waals surface area contributed by atoms with Gasteiger partial charge in [0.05, 0.1) is 35.7 Å². The van der Waals surface area contributed by atoms with Crippen LogP contribution in [0.3, 0.4) is 0 Å². The smallest absolute Gasteiger partial charge is 0.240 e. The Hall–Kier alpha value is -2.29. The molecule has 0 spiro atoms. The number of nitrogens with zero attached hydrogens (tertiary/aromatic N) is 2. The molecule has 2 aromatic rings. The second kappa shape index (κ2) is 11.2. The van der Waals surface area contributed by atoms with Crippen LogP contribution in [-0.4, -0.2) is 60.1 Å². The van der Waals surface area contributed by atoms with Gasteiger partial charge in [0.25, 0.3) is 0 Å². The Morgan fingerprint density at radius 2 is 2.09 bits per heavy atom. The molecule has 1 aromatic carbocycles. The van der Waals surface area contributed by atoms with Gasteiger partial charge >= 0.3 is 0 Å². The lowest BCUT2D eigenvalue weighted by Crippen LogP contribution is -2.53. The number of hydrogen-bond acceptors (Lipinski definition) is 6. The Labute approximate surface area is 199 Å². The molecule has 0 bridgehead atoms.